The topological polar surface area (TPSA) is 29.5 Å². The van der Waals surface area contributed by atoms with E-state index in [1.54, 1.807) is 0 Å². The summed E-state index contributed by atoms with van der Waals surface area (Å²) in [5.41, 5.74) is 26.8. The number of anilines is 3. The highest BCUT2D eigenvalue weighted by Gasteiger charge is 2.44. The second kappa shape index (κ2) is 14.4. The molecule has 344 valence electrons. The van der Waals surface area contributed by atoms with Gasteiger partial charge < -0.3 is 13.7 Å². The minimum absolute atomic E-state index is 0.183. The quantitative estimate of drug-likeness (QED) is 0.172. The first-order valence-corrected chi connectivity index (χ1v) is 25.4. The lowest BCUT2D eigenvalue weighted by Gasteiger charge is -2.31. The van der Waals surface area contributed by atoms with Crippen LogP contribution in [0.3, 0.4) is 0 Å². The Morgan fingerprint density at radius 3 is 1.54 bits per heavy atom. The summed E-state index contributed by atoms with van der Waals surface area (Å²) >= 11 is 0. The molecule has 0 spiro atoms. The highest BCUT2D eigenvalue weighted by molar-refractivity contribution is 6.19. The van der Waals surface area contributed by atoms with Crippen LogP contribution in [0, 0.1) is 0 Å². The molecule has 3 nitrogen and oxygen atoms in total. The van der Waals surface area contributed by atoms with Crippen molar-refractivity contribution < 1.29 is 8.83 Å². The van der Waals surface area contributed by atoms with E-state index in [2.05, 4.69) is 247 Å². The zero-order valence-corrected chi connectivity index (χ0v) is 41.3. The first-order valence-electron chi connectivity index (χ1n) is 25.4. The van der Waals surface area contributed by atoms with Gasteiger partial charge in [-0.3, -0.25) is 0 Å². The summed E-state index contributed by atoms with van der Waals surface area (Å²) in [6.07, 6.45) is 0. The van der Waals surface area contributed by atoms with Crippen molar-refractivity contribution in [2.75, 3.05) is 4.90 Å². The predicted molar refractivity (Wildman–Crippen MR) is 299 cm³/mol. The molecule has 2 heterocycles. The number of rotatable bonds is 5. The highest BCUT2D eigenvalue weighted by Crippen LogP contribution is 2.60. The van der Waals surface area contributed by atoms with Gasteiger partial charge in [0, 0.05) is 60.3 Å². The molecule has 0 fully saturated rings. The lowest BCUT2D eigenvalue weighted by Crippen LogP contribution is -2.18. The van der Waals surface area contributed by atoms with E-state index < -0.39 is 0 Å². The van der Waals surface area contributed by atoms with Crippen LogP contribution in [0.5, 0.6) is 0 Å². The summed E-state index contributed by atoms with van der Waals surface area (Å²) in [5, 5.41) is 4.73. The number of furan rings is 2. The van der Waals surface area contributed by atoms with E-state index in [-0.39, 0.29) is 16.2 Å². The molecule has 3 aliphatic rings. The van der Waals surface area contributed by atoms with Crippen LogP contribution in [0.15, 0.2) is 209 Å². The number of fused-ring (bicyclic) bond motifs is 17. The molecule has 0 N–H and O–H groups in total. The molecule has 0 saturated carbocycles. The van der Waals surface area contributed by atoms with Gasteiger partial charge in [0.2, 0.25) is 0 Å². The fraction of sp³-hybridized carbons (Fsp3) is 0.130. The minimum Gasteiger partial charge on any atom is -0.456 e. The molecule has 3 aliphatic carbocycles. The van der Waals surface area contributed by atoms with Gasteiger partial charge in [-0.15, -0.1) is 0 Å². The van der Waals surface area contributed by atoms with Gasteiger partial charge in [0.05, 0.1) is 5.69 Å². The maximum atomic E-state index is 6.82. The second-order valence-electron chi connectivity index (χ2n) is 22.0. The molecule has 0 bridgehead atoms. The average Bonchev–Trinajstić information content (AvgIpc) is 4.16. The third-order valence-corrected chi connectivity index (χ3v) is 17.1. The van der Waals surface area contributed by atoms with Gasteiger partial charge in [0.15, 0.2) is 0 Å². The Bertz CT molecular complexity index is 4300. The summed E-state index contributed by atoms with van der Waals surface area (Å²) in [6, 6.07) is 73.9. The first-order chi connectivity index (χ1) is 35.0. The number of hydrogen-bond acceptors (Lipinski definition) is 3. The van der Waals surface area contributed by atoms with Crippen LogP contribution in [0.25, 0.3) is 99.5 Å². The van der Waals surface area contributed by atoms with E-state index in [9.17, 15) is 0 Å². The van der Waals surface area contributed by atoms with Crippen molar-refractivity contribution in [3.8, 4) is 55.6 Å². The number of nitrogens with zero attached hydrogens (tertiary/aromatic N) is 1. The van der Waals surface area contributed by atoms with E-state index >= 15 is 0 Å². The van der Waals surface area contributed by atoms with Crippen LogP contribution < -0.4 is 4.90 Å². The maximum absolute atomic E-state index is 6.82. The van der Waals surface area contributed by atoms with E-state index in [0.29, 0.717) is 0 Å². The highest BCUT2D eigenvalue weighted by atomic mass is 16.3. The molecule has 15 rings (SSSR count). The Hall–Kier alpha value is -8.40. The van der Waals surface area contributed by atoms with Gasteiger partial charge in [-0.25, -0.2) is 0 Å². The normalized spacial score (nSPS) is 15.1. The second-order valence-corrected chi connectivity index (χ2v) is 22.0. The number of benzene rings is 10. The Morgan fingerprint density at radius 2 is 0.819 bits per heavy atom. The van der Waals surface area contributed by atoms with Crippen molar-refractivity contribution in [1.82, 2.24) is 0 Å². The monoisotopic (exact) mass is 925 g/mol. The standard InChI is InChI=1S/C69H51NO2/c1-67(2)52-33-34-61-64(47-24-14-17-27-59(47)71-61)63(52)51-39-55-50(38-56(51)67)45-31-29-42(35-53(45)68(55,3)4)70(58-26-16-13-23-44(58)40-19-9-7-10-20-40)43-30-32-46-54(36-43)69(5,6)57-37-49(41-21-11-8-12-22-41)66-65(62(46)57)48-25-15-18-28-60(48)72-66/h7-39H,1-6H3. The fourth-order valence-electron chi connectivity index (χ4n) is 13.4. The SMILES string of the molecule is CC1(C)c2cc(N(c3ccc4c(c3)C(C)(C)c3cc(-c5ccccc5)c5oc6ccccc6c5c3-4)c3ccccc3-c3ccccc3)ccc2-c2cc3c(cc21)-c1c(ccc2oc4ccccc4c12)C3(C)C. The van der Waals surface area contributed by atoms with Gasteiger partial charge in [-0.1, -0.05) is 175 Å². The summed E-state index contributed by atoms with van der Waals surface area (Å²) in [6.45, 7) is 14.4. The van der Waals surface area contributed by atoms with E-state index in [1.165, 1.54) is 94.0 Å². The molecule has 3 heteroatoms. The summed E-state index contributed by atoms with van der Waals surface area (Å²) in [7, 11) is 0. The third-order valence-electron chi connectivity index (χ3n) is 17.1. The van der Waals surface area contributed by atoms with Gasteiger partial charge in [0.1, 0.15) is 22.3 Å². The largest absolute Gasteiger partial charge is 0.456 e. The number of para-hydroxylation sites is 3. The van der Waals surface area contributed by atoms with Crippen molar-refractivity contribution in [3.63, 3.8) is 0 Å². The summed E-state index contributed by atoms with van der Waals surface area (Å²) in [4.78, 5) is 2.51. The molecule has 0 saturated heterocycles. The number of hydrogen-bond donors (Lipinski definition) is 0. The molecule has 0 radical (unpaired) electrons. The van der Waals surface area contributed by atoms with Crippen molar-refractivity contribution in [3.05, 3.63) is 234 Å². The van der Waals surface area contributed by atoms with Gasteiger partial charge >= 0.3 is 0 Å². The maximum Gasteiger partial charge on any atom is 0.143 e. The molecule has 0 aliphatic heterocycles. The first kappa shape index (κ1) is 41.4. The Kier molecular flexibility index (Phi) is 8.26. The van der Waals surface area contributed by atoms with Gasteiger partial charge in [0.25, 0.3) is 0 Å². The van der Waals surface area contributed by atoms with Crippen LogP contribution in [0.4, 0.5) is 17.1 Å². The van der Waals surface area contributed by atoms with Gasteiger partial charge in [-0.05, 0) is 145 Å². The Labute approximate surface area is 419 Å². The van der Waals surface area contributed by atoms with Crippen molar-refractivity contribution in [2.24, 2.45) is 0 Å². The van der Waals surface area contributed by atoms with Crippen molar-refractivity contribution in [1.29, 1.82) is 0 Å². The van der Waals surface area contributed by atoms with Crippen LogP contribution in [-0.4, -0.2) is 0 Å². The van der Waals surface area contributed by atoms with Crippen LogP contribution >= 0.6 is 0 Å². The molecule has 0 unspecified atom stereocenters. The van der Waals surface area contributed by atoms with Gasteiger partial charge in [-0.2, -0.15) is 0 Å². The molecule has 12 aromatic rings. The minimum atomic E-state index is -0.315. The molecule has 72 heavy (non-hydrogen) atoms. The van der Waals surface area contributed by atoms with E-state index in [4.69, 9.17) is 8.83 Å². The lowest BCUT2D eigenvalue weighted by molar-refractivity contribution is 0.651. The Morgan fingerprint density at radius 1 is 0.319 bits per heavy atom. The summed E-state index contributed by atoms with van der Waals surface area (Å²) in [5.74, 6) is 0. The molecular formula is C69H51NO2. The van der Waals surface area contributed by atoms with Crippen LogP contribution in [0.1, 0.15) is 74.9 Å². The average molecular weight is 926 g/mol. The van der Waals surface area contributed by atoms with Crippen LogP contribution in [0.2, 0.25) is 0 Å². The molecular weight excluding hydrogens is 875 g/mol. The zero-order chi connectivity index (χ0) is 48.4. The van der Waals surface area contributed by atoms with E-state index in [1.807, 2.05) is 0 Å². The molecule has 2 aromatic heterocycles. The summed E-state index contributed by atoms with van der Waals surface area (Å²) < 4.78 is 13.3. The zero-order valence-electron chi connectivity index (χ0n) is 41.3. The smallest absolute Gasteiger partial charge is 0.143 e. The van der Waals surface area contributed by atoms with Crippen LogP contribution in [-0.2, 0) is 16.2 Å². The Balaban J connectivity index is 0.924. The van der Waals surface area contributed by atoms with Crippen molar-refractivity contribution in [2.45, 2.75) is 57.8 Å². The molecule has 0 amide bonds. The van der Waals surface area contributed by atoms with E-state index in [0.717, 1.165) is 55.9 Å². The molecule has 0 atom stereocenters. The lowest BCUT2D eigenvalue weighted by atomic mass is 9.79. The fourth-order valence-corrected chi connectivity index (χ4v) is 13.4. The molecule has 10 aromatic carbocycles. The third kappa shape index (κ3) is 5.46. The van der Waals surface area contributed by atoms with Crippen molar-refractivity contribution >= 4 is 60.9 Å². The predicted octanol–water partition coefficient (Wildman–Crippen LogP) is 19.2.